The monoisotopic (exact) mass is 435 g/mol. The Bertz CT molecular complexity index is 1110. The number of nitrogens with zero attached hydrogens (tertiary/aromatic N) is 5. The summed E-state index contributed by atoms with van der Waals surface area (Å²) in [5, 5.41) is 6.01. The van der Waals surface area contributed by atoms with Crippen LogP contribution in [0.2, 0.25) is 0 Å². The summed E-state index contributed by atoms with van der Waals surface area (Å²) in [6.45, 7) is 8.21. The Morgan fingerprint density at radius 3 is 2.56 bits per heavy atom. The van der Waals surface area contributed by atoms with Gasteiger partial charge in [0.25, 0.3) is 0 Å². The van der Waals surface area contributed by atoms with Crippen LogP contribution in [0, 0.1) is 5.82 Å². The number of halogens is 1. The van der Waals surface area contributed by atoms with Crippen molar-refractivity contribution in [1.29, 1.82) is 0 Å². The molecule has 1 amide bonds. The van der Waals surface area contributed by atoms with Crippen LogP contribution in [0.5, 0.6) is 0 Å². The van der Waals surface area contributed by atoms with Gasteiger partial charge in [0.15, 0.2) is 0 Å². The minimum Gasteiger partial charge on any atom is -0.353 e. The van der Waals surface area contributed by atoms with Gasteiger partial charge in [-0.25, -0.2) is 9.07 Å². The quantitative estimate of drug-likeness (QED) is 0.532. The highest BCUT2D eigenvalue weighted by Crippen LogP contribution is 2.32. The number of hydrogen-bond donors (Lipinski definition) is 0. The first-order chi connectivity index (χ1) is 15.5. The molecule has 0 saturated carbocycles. The largest absolute Gasteiger partial charge is 0.353 e. The lowest BCUT2D eigenvalue weighted by molar-refractivity contribution is -0.126. The number of aromatic nitrogens is 2. The zero-order chi connectivity index (χ0) is 22.7. The van der Waals surface area contributed by atoms with Crippen LogP contribution in [-0.2, 0) is 11.3 Å². The van der Waals surface area contributed by atoms with Gasteiger partial charge in [-0.2, -0.15) is 5.10 Å². The fourth-order valence-corrected chi connectivity index (χ4v) is 4.26. The number of piperazine rings is 1. The third-order valence-corrected chi connectivity index (χ3v) is 5.91. The molecule has 3 aromatic rings. The molecule has 0 atom stereocenters. The summed E-state index contributed by atoms with van der Waals surface area (Å²) in [6.07, 6.45) is 2.37. The summed E-state index contributed by atoms with van der Waals surface area (Å²) in [4.78, 5) is 18.3. The normalized spacial score (nSPS) is 14.4. The number of carbonyl (C=O) groups is 1. The molecular weight excluding hydrogens is 405 g/mol. The molecule has 1 fully saturated rings. The molecule has 32 heavy (non-hydrogen) atoms. The number of rotatable bonds is 7. The number of amides is 1. The molecule has 1 aliphatic rings. The lowest BCUT2D eigenvalue weighted by Gasteiger charge is -2.35. The van der Waals surface area contributed by atoms with Crippen LogP contribution < -0.4 is 4.90 Å². The third-order valence-electron chi connectivity index (χ3n) is 5.91. The first-order valence-electron chi connectivity index (χ1n) is 11.0. The molecule has 0 aliphatic carbocycles. The van der Waals surface area contributed by atoms with E-state index in [1.807, 2.05) is 23.1 Å². The molecule has 7 heteroatoms. The van der Waals surface area contributed by atoms with Crippen LogP contribution in [0.15, 0.2) is 55.1 Å². The maximum absolute atomic E-state index is 13.7. The van der Waals surface area contributed by atoms with Gasteiger partial charge in [-0.1, -0.05) is 24.8 Å². The smallest absolute Gasteiger partial charge is 0.246 e. The highest BCUT2D eigenvalue weighted by molar-refractivity contribution is 5.94. The van der Waals surface area contributed by atoms with E-state index in [4.69, 9.17) is 5.10 Å². The molecule has 1 saturated heterocycles. The Kier molecular flexibility index (Phi) is 6.55. The van der Waals surface area contributed by atoms with E-state index < -0.39 is 0 Å². The van der Waals surface area contributed by atoms with Crippen LogP contribution in [0.4, 0.5) is 10.2 Å². The molecule has 1 aromatic heterocycles. The summed E-state index contributed by atoms with van der Waals surface area (Å²) in [5.41, 5.74) is 2.69. The predicted molar refractivity (Wildman–Crippen MR) is 127 cm³/mol. The number of fused-ring (bicyclic) bond motifs is 1. The highest BCUT2D eigenvalue weighted by atomic mass is 19.1. The van der Waals surface area contributed by atoms with Crippen LogP contribution in [0.25, 0.3) is 22.0 Å². The Morgan fingerprint density at radius 2 is 1.88 bits per heavy atom. The van der Waals surface area contributed by atoms with Crippen molar-refractivity contribution in [2.45, 2.75) is 13.0 Å². The maximum atomic E-state index is 13.7. The zero-order valence-electron chi connectivity index (χ0n) is 18.8. The van der Waals surface area contributed by atoms with Gasteiger partial charge < -0.3 is 14.7 Å². The molecular formula is C25H30FN5O. The summed E-state index contributed by atoms with van der Waals surface area (Å²) in [7, 11) is 4.14. The molecule has 0 spiro atoms. The van der Waals surface area contributed by atoms with Crippen LogP contribution in [0.1, 0.15) is 6.42 Å². The van der Waals surface area contributed by atoms with E-state index in [0.29, 0.717) is 13.1 Å². The van der Waals surface area contributed by atoms with E-state index in [2.05, 4.69) is 41.2 Å². The van der Waals surface area contributed by atoms with Gasteiger partial charge in [-0.05, 0) is 68.5 Å². The fraction of sp³-hybridized carbons (Fsp3) is 0.360. The molecule has 2 heterocycles. The van der Waals surface area contributed by atoms with Crippen molar-refractivity contribution in [3.63, 3.8) is 0 Å². The lowest BCUT2D eigenvalue weighted by Crippen LogP contribution is -2.49. The van der Waals surface area contributed by atoms with Gasteiger partial charge in [-0.3, -0.25) is 4.79 Å². The Morgan fingerprint density at radius 1 is 1.12 bits per heavy atom. The summed E-state index contributed by atoms with van der Waals surface area (Å²) in [6, 6.07) is 12.8. The highest BCUT2D eigenvalue weighted by Gasteiger charge is 2.24. The van der Waals surface area contributed by atoms with Gasteiger partial charge in [0.05, 0.1) is 5.52 Å². The van der Waals surface area contributed by atoms with Crippen molar-refractivity contribution in [2.75, 3.05) is 51.7 Å². The van der Waals surface area contributed by atoms with E-state index in [-0.39, 0.29) is 11.7 Å². The molecule has 0 N–H and O–H groups in total. The maximum Gasteiger partial charge on any atom is 0.246 e. The van der Waals surface area contributed by atoms with Crippen molar-refractivity contribution < 1.29 is 9.18 Å². The second kappa shape index (κ2) is 9.53. The van der Waals surface area contributed by atoms with Crippen molar-refractivity contribution in [2.24, 2.45) is 0 Å². The number of anilines is 1. The van der Waals surface area contributed by atoms with E-state index in [0.717, 1.165) is 60.4 Å². The molecule has 0 bridgehead atoms. The van der Waals surface area contributed by atoms with Gasteiger partial charge in [-0.15, -0.1) is 0 Å². The van der Waals surface area contributed by atoms with Crippen molar-refractivity contribution in [3.05, 3.63) is 60.9 Å². The standard InChI is InChI=1S/C25H30FN5O/c1-4-24(32)29-13-15-30(16-14-29)25-22-10-9-20(19-7-5-8-21(26)17-19)18-23(22)27-31(25)12-6-11-28(2)3/h4-5,7-10,17-18H,1,6,11-16H2,2-3H3. The zero-order valence-corrected chi connectivity index (χ0v) is 18.8. The van der Waals surface area contributed by atoms with Crippen LogP contribution in [-0.4, -0.2) is 72.3 Å². The van der Waals surface area contributed by atoms with Crippen LogP contribution in [0.3, 0.4) is 0 Å². The number of carbonyl (C=O) groups excluding carboxylic acids is 1. The molecule has 2 aromatic carbocycles. The number of aryl methyl sites for hydroxylation is 1. The number of hydrogen-bond acceptors (Lipinski definition) is 4. The first kappa shape index (κ1) is 22.0. The summed E-state index contributed by atoms with van der Waals surface area (Å²) >= 11 is 0. The Labute approximate surface area is 188 Å². The van der Waals surface area contributed by atoms with E-state index in [1.54, 1.807) is 12.1 Å². The summed E-state index contributed by atoms with van der Waals surface area (Å²) < 4.78 is 15.8. The van der Waals surface area contributed by atoms with Gasteiger partial charge in [0.1, 0.15) is 11.6 Å². The third kappa shape index (κ3) is 4.67. The Hall–Kier alpha value is -3.19. The van der Waals surface area contributed by atoms with Gasteiger partial charge >= 0.3 is 0 Å². The van der Waals surface area contributed by atoms with Crippen molar-refractivity contribution >= 4 is 22.6 Å². The minimum atomic E-state index is -0.246. The van der Waals surface area contributed by atoms with E-state index in [9.17, 15) is 9.18 Å². The minimum absolute atomic E-state index is 0.0197. The van der Waals surface area contributed by atoms with E-state index in [1.165, 1.54) is 12.1 Å². The van der Waals surface area contributed by atoms with Gasteiger partial charge in [0, 0.05) is 38.1 Å². The average molecular weight is 436 g/mol. The molecule has 168 valence electrons. The molecule has 1 aliphatic heterocycles. The second-order valence-corrected chi connectivity index (χ2v) is 8.46. The van der Waals surface area contributed by atoms with Gasteiger partial charge in [0.2, 0.25) is 5.91 Å². The average Bonchev–Trinajstić information content (AvgIpc) is 3.15. The molecule has 0 unspecified atom stereocenters. The second-order valence-electron chi connectivity index (χ2n) is 8.46. The lowest BCUT2D eigenvalue weighted by atomic mass is 10.0. The van der Waals surface area contributed by atoms with Crippen molar-refractivity contribution in [1.82, 2.24) is 19.6 Å². The number of benzene rings is 2. The fourth-order valence-electron chi connectivity index (χ4n) is 4.26. The topological polar surface area (TPSA) is 44.6 Å². The molecule has 4 rings (SSSR count). The SMILES string of the molecule is C=CC(=O)N1CCN(c2c3ccc(-c4cccc(F)c4)cc3nn2CCCN(C)C)CC1. The van der Waals surface area contributed by atoms with E-state index >= 15 is 0 Å². The first-order valence-corrected chi connectivity index (χ1v) is 11.0. The summed E-state index contributed by atoms with van der Waals surface area (Å²) in [5.74, 6) is 0.827. The Balaban J connectivity index is 1.67. The van der Waals surface area contributed by atoms with Crippen LogP contribution >= 0.6 is 0 Å². The molecule has 6 nitrogen and oxygen atoms in total. The van der Waals surface area contributed by atoms with Crippen molar-refractivity contribution in [3.8, 4) is 11.1 Å². The predicted octanol–water partition coefficient (Wildman–Crippen LogP) is 3.63. The molecule has 0 radical (unpaired) electrons.